The minimum atomic E-state index is -1.51. The largest absolute Gasteiger partial charge is 0.504 e. The van der Waals surface area contributed by atoms with Crippen molar-refractivity contribution >= 4 is 22.5 Å². The molecule has 2 aliphatic carbocycles. The molecule has 0 saturated heterocycles. The van der Waals surface area contributed by atoms with Gasteiger partial charge in [0.1, 0.15) is 22.3 Å². The zero-order chi connectivity index (χ0) is 32.9. The first kappa shape index (κ1) is 33.2. The second-order valence-corrected chi connectivity index (χ2v) is 14.5. The van der Waals surface area contributed by atoms with Crippen LogP contribution >= 0.6 is 0 Å². The van der Waals surface area contributed by atoms with Gasteiger partial charge in [0.15, 0.2) is 23.1 Å². The number of hydrogen-bond acceptors (Lipinski definition) is 6. The Kier molecular flexibility index (Phi) is 8.82. The van der Waals surface area contributed by atoms with E-state index in [1.54, 1.807) is 0 Å². The molecule has 1 fully saturated rings. The van der Waals surface area contributed by atoms with Crippen LogP contribution in [0.2, 0.25) is 0 Å². The van der Waals surface area contributed by atoms with Gasteiger partial charge in [0.05, 0.1) is 10.8 Å². The average Bonchev–Trinajstić information content (AvgIpc) is 2.91. The summed E-state index contributed by atoms with van der Waals surface area (Å²) in [6, 6.07) is 2.32. The summed E-state index contributed by atoms with van der Waals surface area (Å²) in [6.45, 7) is 24.3. The Balaban J connectivity index is 2.17. The number of benzene rings is 1. The van der Waals surface area contributed by atoms with Gasteiger partial charge in [-0.1, -0.05) is 54.9 Å². The van der Waals surface area contributed by atoms with Crippen LogP contribution in [-0.2, 0) is 10.2 Å². The monoisotopic (exact) mass is 600 g/mol. The molecule has 0 radical (unpaired) electrons. The Bertz CT molecular complexity index is 1670. The summed E-state index contributed by atoms with van der Waals surface area (Å²) in [4.78, 5) is 44.7. The average molecular weight is 601 g/mol. The van der Waals surface area contributed by atoms with Gasteiger partial charge in [-0.05, 0) is 103 Å². The number of allylic oxidation sites excluding steroid dienone is 6. The predicted octanol–water partition coefficient (Wildman–Crippen LogP) is 8.89. The highest BCUT2D eigenvalue weighted by Gasteiger charge is 2.72. The van der Waals surface area contributed by atoms with E-state index in [-0.39, 0.29) is 46.3 Å². The van der Waals surface area contributed by atoms with Gasteiger partial charge in [0, 0.05) is 6.07 Å². The van der Waals surface area contributed by atoms with Gasteiger partial charge in [0.2, 0.25) is 5.43 Å². The standard InChI is InChI=1S/C38H48O6/c1-21(2)11-13-25(24(7)8)19-37-20-26(14-12-22(3)4)36(9,10)38(35(37)43,16-15-23(5)6)33(42)31-32(41)27-17-28(39)29(40)18-30(27)44-34(31)37/h12,15,17-18,25-26,39-40H,1,7,11,13-14,16,19-20H2,2-6,8-10H3/t25-,26-,37-,38+/m1/s1. The van der Waals surface area contributed by atoms with Crippen LogP contribution in [0.3, 0.4) is 0 Å². The van der Waals surface area contributed by atoms with Crippen molar-refractivity contribution in [2.45, 2.75) is 99.3 Å². The molecule has 6 heteroatoms. The number of carbonyl (C=O) groups is 2. The van der Waals surface area contributed by atoms with E-state index < -0.39 is 39.0 Å². The molecule has 2 N–H and O–H groups in total. The molecule has 0 aliphatic heterocycles. The third kappa shape index (κ3) is 5.20. The molecule has 6 nitrogen and oxygen atoms in total. The Morgan fingerprint density at radius 1 is 1.00 bits per heavy atom. The van der Waals surface area contributed by atoms with E-state index in [9.17, 15) is 19.8 Å². The lowest BCUT2D eigenvalue weighted by Crippen LogP contribution is -2.68. The zero-order valence-corrected chi connectivity index (χ0v) is 27.6. The third-order valence-corrected chi connectivity index (χ3v) is 10.4. The first-order chi connectivity index (χ1) is 20.4. The Morgan fingerprint density at radius 2 is 1.61 bits per heavy atom. The molecular formula is C38H48O6. The SMILES string of the molecule is C=C(C)CC[C@H](C[C@@]12C[C@@H](CC=C(C)C)C(C)(C)[C@@](CC=C(C)C)(C(=O)c3c1oc1cc(O)c(O)cc1c3=O)C2=O)C(=C)C. The molecule has 1 aromatic heterocycles. The van der Waals surface area contributed by atoms with Crippen molar-refractivity contribution in [3.8, 4) is 11.5 Å². The van der Waals surface area contributed by atoms with E-state index in [2.05, 4.69) is 19.2 Å². The molecule has 2 aromatic rings. The number of phenolic OH excluding ortho intramolecular Hbond substituents is 2. The van der Waals surface area contributed by atoms with Crippen LogP contribution < -0.4 is 5.43 Å². The number of rotatable bonds is 10. The molecule has 236 valence electrons. The zero-order valence-electron chi connectivity index (χ0n) is 27.6. The van der Waals surface area contributed by atoms with Crippen molar-refractivity contribution in [1.82, 2.24) is 0 Å². The molecular weight excluding hydrogens is 552 g/mol. The smallest absolute Gasteiger partial charge is 0.204 e. The highest BCUT2D eigenvalue weighted by Crippen LogP contribution is 2.66. The van der Waals surface area contributed by atoms with Crippen molar-refractivity contribution in [2.75, 3.05) is 0 Å². The molecule has 2 aliphatic rings. The minimum absolute atomic E-state index is 0.00929. The van der Waals surface area contributed by atoms with Gasteiger partial charge >= 0.3 is 0 Å². The third-order valence-electron chi connectivity index (χ3n) is 10.4. The van der Waals surface area contributed by atoms with Gasteiger partial charge < -0.3 is 14.6 Å². The number of phenols is 2. The molecule has 1 aromatic carbocycles. The lowest BCUT2D eigenvalue weighted by molar-refractivity contribution is -0.153. The summed E-state index contributed by atoms with van der Waals surface area (Å²) in [5.74, 6) is -1.76. The van der Waals surface area contributed by atoms with Crippen LogP contribution in [0.5, 0.6) is 11.5 Å². The Morgan fingerprint density at radius 3 is 2.18 bits per heavy atom. The van der Waals surface area contributed by atoms with Crippen LogP contribution in [0.1, 0.15) is 110 Å². The summed E-state index contributed by atoms with van der Waals surface area (Å²) >= 11 is 0. The van der Waals surface area contributed by atoms with E-state index in [1.807, 2.05) is 61.5 Å². The van der Waals surface area contributed by atoms with Crippen LogP contribution in [0, 0.1) is 22.7 Å². The maximum atomic E-state index is 15.4. The van der Waals surface area contributed by atoms with Crippen molar-refractivity contribution in [1.29, 1.82) is 0 Å². The lowest BCUT2D eigenvalue weighted by Gasteiger charge is -2.60. The van der Waals surface area contributed by atoms with Gasteiger partial charge in [-0.2, -0.15) is 0 Å². The van der Waals surface area contributed by atoms with Crippen LogP contribution in [0.15, 0.2) is 68.9 Å². The summed E-state index contributed by atoms with van der Waals surface area (Å²) < 4.78 is 6.46. The second kappa shape index (κ2) is 11.7. The fourth-order valence-corrected chi connectivity index (χ4v) is 7.58. The van der Waals surface area contributed by atoms with Crippen molar-refractivity contribution in [2.24, 2.45) is 22.7 Å². The molecule has 2 bridgehead atoms. The number of Topliss-reactive ketones (excluding diaryl/α,β-unsaturated/α-hetero) is 2. The molecule has 1 heterocycles. The van der Waals surface area contributed by atoms with Gasteiger partial charge in [-0.15, -0.1) is 6.58 Å². The summed E-state index contributed by atoms with van der Waals surface area (Å²) in [6.07, 6.45) is 7.16. The van der Waals surface area contributed by atoms with E-state index in [0.29, 0.717) is 19.3 Å². The fraction of sp³-hybridized carbons (Fsp3) is 0.500. The summed E-state index contributed by atoms with van der Waals surface area (Å²) in [5.41, 5.74) is -0.198. The van der Waals surface area contributed by atoms with Gasteiger partial charge in [0.25, 0.3) is 0 Å². The highest BCUT2D eigenvalue weighted by molar-refractivity contribution is 6.23. The maximum Gasteiger partial charge on any atom is 0.204 e. The summed E-state index contributed by atoms with van der Waals surface area (Å²) in [7, 11) is 0. The van der Waals surface area contributed by atoms with Gasteiger partial charge in [-0.25, -0.2) is 0 Å². The van der Waals surface area contributed by atoms with E-state index in [4.69, 9.17) is 4.42 Å². The first-order valence-corrected chi connectivity index (χ1v) is 15.6. The molecule has 1 saturated carbocycles. The maximum absolute atomic E-state index is 15.4. The molecule has 4 rings (SSSR count). The van der Waals surface area contributed by atoms with Crippen molar-refractivity contribution < 1.29 is 24.2 Å². The fourth-order valence-electron chi connectivity index (χ4n) is 7.58. The highest BCUT2D eigenvalue weighted by atomic mass is 16.3. The molecule has 0 unspecified atom stereocenters. The van der Waals surface area contributed by atoms with Crippen molar-refractivity contribution in [3.05, 3.63) is 81.3 Å². The summed E-state index contributed by atoms with van der Waals surface area (Å²) in [5, 5.41) is 20.6. The van der Waals surface area contributed by atoms with E-state index in [1.165, 1.54) is 6.07 Å². The lowest BCUT2D eigenvalue weighted by atomic mass is 9.39. The van der Waals surface area contributed by atoms with Crippen LogP contribution in [0.25, 0.3) is 11.0 Å². The predicted molar refractivity (Wildman–Crippen MR) is 176 cm³/mol. The topological polar surface area (TPSA) is 105 Å². The van der Waals surface area contributed by atoms with Crippen molar-refractivity contribution in [3.63, 3.8) is 0 Å². The van der Waals surface area contributed by atoms with E-state index >= 15 is 4.79 Å². The van der Waals surface area contributed by atoms with Crippen LogP contribution in [0.4, 0.5) is 0 Å². The normalized spacial score (nSPS) is 24.4. The Hall–Kier alpha value is -3.67. The van der Waals surface area contributed by atoms with Crippen LogP contribution in [-0.4, -0.2) is 21.8 Å². The molecule has 44 heavy (non-hydrogen) atoms. The second-order valence-electron chi connectivity index (χ2n) is 14.5. The minimum Gasteiger partial charge on any atom is -0.504 e. The van der Waals surface area contributed by atoms with E-state index in [0.717, 1.165) is 41.2 Å². The first-order valence-electron chi connectivity index (χ1n) is 15.6. The molecule has 0 amide bonds. The van der Waals surface area contributed by atoms with Gasteiger partial charge in [-0.3, -0.25) is 14.4 Å². The number of ketones is 2. The number of hydrogen-bond donors (Lipinski definition) is 2. The quantitative estimate of drug-likeness (QED) is 0.160. The number of aromatic hydroxyl groups is 2. The molecule has 4 atom stereocenters. The number of carbonyl (C=O) groups excluding carboxylic acids is 2. The Labute approximate surface area is 261 Å². The molecule has 0 spiro atoms. The number of fused-ring (bicyclic) bond motifs is 5.